The number of carbonyl (C=O) groups is 2. The predicted molar refractivity (Wildman–Crippen MR) is 99.2 cm³/mol. The Morgan fingerprint density at radius 1 is 1.11 bits per heavy atom. The summed E-state index contributed by atoms with van der Waals surface area (Å²) in [4.78, 5) is 25.7. The summed E-state index contributed by atoms with van der Waals surface area (Å²) in [6.45, 7) is 4.74. The van der Waals surface area contributed by atoms with Gasteiger partial charge in [-0.25, -0.2) is 8.78 Å². The number of amides is 2. The summed E-state index contributed by atoms with van der Waals surface area (Å²) in [6.07, 6.45) is 0. The molecule has 2 aromatic carbocycles. The molecule has 0 heterocycles. The summed E-state index contributed by atoms with van der Waals surface area (Å²) in [5.74, 6) is -2.36. The van der Waals surface area contributed by atoms with Gasteiger partial charge in [-0.05, 0) is 44.2 Å². The number of nitrogens with zero attached hydrogens (tertiary/aromatic N) is 1. The van der Waals surface area contributed by atoms with Crippen LogP contribution in [0.5, 0.6) is 5.75 Å². The molecule has 0 atom stereocenters. The van der Waals surface area contributed by atoms with Gasteiger partial charge in [0.05, 0.1) is 10.6 Å². The van der Waals surface area contributed by atoms with Crippen LogP contribution in [0.2, 0.25) is 5.02 Å². The second-order valence-electron chi connectivity index (χ2n) is 5.58. The summed E-state index contributed by atoms with van der Waals surface area (Å²) in [7, 11) is 0. The number of likely N-dealkylation sites (N-methyl/N-ethyl adjacent to an activating group) is 1. The molecule has 8 heteroatoms. The average molecular weight is 397 g/mol. The molecule has 0 saturated carbocycles. The highest BCUT2D eigenvalue weighted by Gasteiger charge is 2.15. The smallest absolute Gasteiger partial charge is 0.260 e. The minimum absolute atomic E-state index is 0.159. The van der Waals surface area contributed by atoms with Crippen molar-refractivity contribution in [3.63, 3.8) is 0 Å². The average Bonchev–Trinajstić information content (AvgIpc) is 2.62. The molecule has 0 aliphatic heterocycles. The molecule has 0 aromatic heterocycles. The molecule has 2 aromatic rings. The van der Waals surface area contributed by atoms with Gasteiger partial charge in [-0.15, -0.1) is 0 Å². The van der Waals surface area contributed by atoms with Crippen LogP contribution in [0.1, 0.15) is 24.2 Å². The number of anilines is 1. The number of benzene rings is 2. The lowest BCUT2D eigenvalue weighted by Crippen LogP contribution is -2.34. The summed E-state index contributed by atoms with van der Waals surface area (Å²) in [6, 6.07) is 7.09. The summed E-state index contributed by atoms with van der Waals surface area (Å²) < 4.78 is 32.0. The third-order valence-corrected chi connectivity index (χ3v) is 4.13. The monoisotopic (exact) mass is 396 g/mol. The fourth-order valence-corrected chi connectivity index (χ4v) is 2.61. The van der Waals surface area contributed by atoms with Gasteiger partial charge in [-0.1, -0.05) is 11.6 Å². The van der Waals surface area contributed by atoms with Crippen molar-refractivity contribution in [3.05, 3.63) is 58.6 Å². The molecule has 0 bridgehead atoms. The van der Waals surface area contributed by atoms with E-state index in [0.717, 1.165) is 12.1 Å². The molecule has 2 rings (SSSR count). The summed E-state index contributed by atoms with van der Waals surface area (Å²) >= 11 is 6.12. The van der Waals surface area contributed by atoms with Crippen LogP contribution >= 0.6 is 11.6 Å². The molecule has 0 aliphatic carbocycles. The van der Waals surface area contributed by atoms with Crippen LogP contribution in [-0.2, 0) is 4.79 Å². The molecule has 27 heavy (non-hydrogen) atoms. The first kappa shape index (κ1) is 20.6. The van der Waals surface area contributed by atoms with Crippen molar-refractivity contribution < 1.29 is 23.1 Å². The number of rotatable bonds is 7. The van der Waals surface area contributed by atoms with E-state index in [1.54, 1.807) is 4.90 Å². The maximum Gasteiger partial charge on any atom is 0.260 e. The Kier molecular flexibility index (Phi) is 7.12. The number of nitrogens with one attached hydrogen (secondary N) is 1. The maximum atomic E-state index is 13.7. The quantitative estimate of drug-likeness (QED) is 0.766. The van der Waals surface area contributed by atoms with Crippen molar-refractivity contribution in [2.24, 2.45) is 0 Å². The molecule has 0 fully saturated rings. The molecular formula is C19H19ClF2N2O3. The second kappa shape index (κ2) is 9.32. The van der Waals surface area contributed by atoms with Crippen LogP contribution in [0.15, 0.2) is 36.4 Å². The fraction of sp³-hybridized carbons (Fsp3) is 0.263. The van der Waals surface area contributed by atoms with Gasteiger partial charge in [0.25, 0.3) is 11.8 Å². The molecule has 0 radical (unpaired) electrons. The highest BCUT2D eigenvalue weighted by Crippen LogP contribution is 2.28. The number of ether oxygens (including phenoxy) is 1. The number of hydrogen-bond acceptors (Lipinski definition) is 3. The molecule has 0 aliphatic rings. The Hall–Kier alpha value is -2.67. The van der Waals surface area contributed by atoms with Gasteiger partial charge in [0.15, 0.2) is 6.61 Å². The first-order valence-electron chi connectivity index (χ1n) is 8.32. The molecule has 2 amide bonds. The zero-order chi connectivity index (χ0) is 20.0. The first-order chi connectivity index (χ1) is 12.8. The van der Waals surface area contributed by atoms with Crippen LogP contribution in [0.3, 0.4) is 0 Å². The minimum Gasteiger partial charge on any atom is -0.482 e. The summed E-state index contributed by atoms with van der Waals surface area (Å²) in [5.41, 5.74) is 0.00816. The standard InChI is InChI=1S/C19H19ClF2N2O3/c1-3-24(4-2)18(25)11-27-17-8-6-13(10-15(17)20)23-19(26)14-7-5-12(21)9-16(14)22/h5-10H,3-4,11H2,1-2H3,(H,23,26). The lowest BCUT2D eigenvalue weighted by molar-refractivity contribution is -0.132. The van der Waals surface area contributed by atoms with E-state index in [1.165, 1.54) is 18.2 Å². The molecule has 0 saturated heterocycles. The lowest BCUT2D eigenvalue weighted by Gasteiger charge is -2.19. The molecule has 0 unspecified atom stereocenters. The van der Waals surface area contributed by atoms with Crippen molar-refractivity contribution in [2.75, 3.05) is 25.0 Å². The van der Waals surface area contributed by atoms with Crippen LogP contribution in [0.4, 0.5) is 14.5 Å². The van der Waals surface area contributed by atoms with Gasteiger partial charge in [-0.3, -0.25) is 9.59 Å². The van der Waals surface area contributed by atoms with Crippen molar-refractivity contribution in [1.29, 1.82) is 0 Å². The second-order valence-corrected chi connectivity index (χ2v) is 5.99. The van der Waals surface area contributed by atoms with E-state index in [2.05, 4.69) is 5.32 Å². The van der Waals surface area contributed by atoms with E-state index >= 15 is 0 Å². The van der Waals surface area contributed by atoms with Gasteiger partial charge in [0.1, 0.15) is 17.4 Å². The normalized spacial score (nSPS) is 10.4. The summed E-state index contributed by atoms with van der Waals surface area (Å²) in [5, 5.41) is 2.65. The van der Waals surface area contributed by atoms with Crippen molar-refractivity contribution in [3.8, 4) is 5.75 Å². The Balaban J connectivity index is 2.03. The molecule has 144 valence electrons. The molecule has 5 nitrogen and oxygen atoms in total. The molecule has 0 spiro atoms. The third kappa shape index (κ3) is 5.40. The van der Waals surface area contributed by atoms with Gasteiger partial charge < -0.3 is 15.0 Å². The lowest BCUT2D eigenvalue weighted by atomic mass is 10.2. The number of carbonyl (C=O) groups excluding carboxylic acids is 2. The topological polar surface area (TPSA) is 58.6 Å². The third-order valence-electron chi connectivity index (χ3n) is 3.83. The van der Waals surface area contributed by atoms with Crippen LogP contribution in [-0.4, -0.2) is 36.4 Å². The highest BCUT2D eigenvalue weighted by atomic mass is 35.5. The Bertz CT molecular complexity index is 842. The Morgan fingerprint density at radius 2 is 1.81 bits per heavy atom. The van der Waals surface area contributed by atoms with E-state index in [-0.39, 0.29) is 28.8 Å². The van der Waals surface area contributed by atoms with Crippen LogP contribution in [0.25, 0.3) is 0 Å². The highest BCUT2D eigenvalue weighted by molar-refractivity contribution is 6.32. The molecular weight excluding hydrogens is 378 g/mol. The number of halogens is 3. The van der Waals surface area contributed by atoms with Gasteiger partial charge in [0, 0.05) is 24.8 Å². The van der Waals surface area contributed by atoms with Gasteiger partial charge in [-0.2, -0.15) is 0 Å². The number of hydrogen-bond donors (Lipinski definition) is 1. The minimum atomic E-state index is -0.964. The van der Waals surface area contributed by atoms with Crippen LogP contribution in [0, 0.1) is 11.6 Å². The molecule has 1 N–H and O–H groups in total. The van der Waals surface area contributed by atoms with Crippen molar-refractivity contribution >= 4 is 29.1 Å². The van der Waals surface area contributed by atoms with Crippen molar-refractivity contribution in [1.82, 2.24) is 4.90 Å². The zero-order valence-corrected chi connectivity index (χ0v) is 15.6. The van der Waals surface area contributed by atoms with E-state index in [9.17, 15) is 18.4 Å². The first-order valence-corrected chi connectivity index (χ1v) is 8.70. The van der Waals surface area contributed by atoms with Gasteiger partial charge >= 0.3 is 0 Å². The van der Waals surface area contributed by atoms with E-state index in [0.29, 0.717) is 24.8 Å². The largest absolute Gasteiger partial charge is 0.482 e. The Morgan fingerprint density at radius 3 is 2.41 bits per heavy atom. The van der Waals surface area contributed by atoms with Crippen LogP contribution < -0.4 is 10.1 Å². The SMILES string of the molecule is CCN(CC)C(=O)COc1ccc(NC(=O)c2ccc(F)cc2F)cc1Cl. The predicted octanol–water partition coefficient (Wildman–Crippen LogP) is 4.12. The fourth-order valence-electron chi connectivity index (χ4n) is 2.37. The maximum absolute atomic E-state index is 13.7. The van der Waals surface area contributed by atoms with E-state index in [1.807, 2.05) is 13.8 Å². The van der Waals surface area contributed by atoms with E-state index < -0.39 is 17.5 Å². The Labute approximate surface area is 160 Å². The zero-order valence-electron chi connectivity index (χ0n) is 14.9. The van der Waals surface area contributed by atoms with E-state index in [4.69, 9.17) is 16.3 Å². The van der Waals surface area contributed by atoms with Gasteiger partial charge in [0.2, 0.25) is 0 Å². The van der Waals surface area contributed by atoms with Crippen molar-refractivity contribution in [2.45, 2.75) is 13.8 Å².